The molecule has 0 aromatic carbocycles. The summed E-state index contributed by atoms with van der Waals surface area (Å²) in [5.41, 5.74) is 0. The maximum atomic E-state index is 3.99. The van der Waals surface area contributed by atoms with Crippen molar-refractivity contribution in [1.82, 2.24) is 0 Å². The van der Waals surface area contributed by atoms with E-state index in [2.05, 4.69) is 34.5 Å². The summed E-state index contributed by atoms with van der Waals surface area (Å²) in [6.45, 7) is 0. The molecule has 0 bridgehead atoms. The molecule has 2 aliphatic carbocycles. The minimum Gasteiger partial charge on any atom is -0.163 e. The standard InChI is InChI=1S/C12H12N2/c1-2-6-11(5-1)9-13-14-10-12-7-3-4-8-12/h1-12H/b13-9+,14-10+. The van der Waals surface area contributed by atoms with Crippen LogP contribution in [0.4, 0.5) is 0 Å². The van der Waals surface area contributed by atoms with E-state index in [9.17, 15) is 0 Å². The molecular weight excluding hydrogens is 172 g/mol. The molecule has 14 heavy (non-hydrogen) atoms. The lowest BCUT2D eigenvalue weighted by Crippen LogP contribution is -1.91. The third kappa shape index (κ3) is 2.39. The van der Waals surface area contributed by atoms with Crippen LogP contribution < -0.4 is 0 Å². The number of rotatable bonds is 3. The van der Waals surface area contributed by atoms with Gasteiger partial charge in [0.2, 0.25) is 0 Å². The molecule has 0 aromatic heterocycles. The van der Waals surface area contributed by atoms with Crippen LogP contribution in [0.3, 0.4) is 0 Å². The first-order valence-electron chi connectivity index (χ1n) is 4.72. The Morgan fingerprint density at radius 3 is 1.36 bits per heavy atom. The molecule has 2 heteroatoms. The average molecular weight is 184 g/mol. The number of hydrogen-bond donors (Lipinski definition) is 0. The first-order chi connectivity index (χ1) is 6.95. The third-order valence-electron chi connectivity index (χ3n) is 2.10. The summed E-state index contributed by atoms with van der Waals surface area (Å²) >= 11 is 0. The van der Waals surface area contributed by atoms with E-state index in [1.165, 1.54) is 0 Å². The molecule has 0 aromatic rings. The molecule has 0 unspecified atom stereocenters. The molecule has 0 heterocycles. The van der Waals surface area contributed by atoms with E-state index >= 15 is 0 Å². The van der Waals surface area contributed by atoms with Gasteiger partial charge in [-0.25, -0.2) is 0 Å². The second kappa shape index (κ2) is 4.51. The molecule has 0 saturated carbocycles. The van der Waals surface area contributed by atoms with Gasteiger partial charge in [0.05, 0.1) is 0 Å². The SMILES string of the molecule is C1=CC(/C=N/N=C/C2C=CC=C2)C=C1. The zero-order valence-electron chi connectivity index (χ0n) is 7.82. The highest BCUT2D eigenvalue weighted by Crippen LogP contribution is 2.07. The van der Waals surface area contributed by atoms with Crippen molar-refractivity contribution in [3.8, 4) is 0 Å². The second-order valence-electron chi connectivity index (χ2n) is 3.22. The van der Waals surface area contributed by atoms with Crippen molar-refractivity contribution in [1.29, 1.82) is 0 Å². The van der Waals surface area contributed by atoms with Gasteiger partial charge in [0.1, 0.15) is 0 Å². The first kappa shape index (κ1) is 8.88. The van der Waals surface area contributed by atoms with E-state index in [1.54, 1.807) is 0 Å². The fourth-order valence-electron chi connectivity index (χ4n) is 1.33. The number of allylic oxidation sites excluding steroid dienone is 8. The van der Waals surface area contributed by atoms with Gasteiger partial charge in [0, 0.05) is 24.3 Å². The Labute approximate surface area is 83.7 Å². The van der Waals surface area contributed by atoms with Gasteiger partial charge in [-0.1, -0.05) is 48.6 Å². The average Bonchev–Trinajstić information content (AvgIpc) is 2.86. The predicted molar refractivity (Wildman–Crippen MR) is 60.5 cm³/mol. The van der Waals surface area contributed by atoms with Crippen LogP contribution in [-0.4, -0.2) is 12.4 Å². The van der Waals surface area contributed by atoms with Crippen LogP contribution >= 0.6 is 0 Å². The molecular formula is C12H12N2. The maximum Gasteiger partial charge on any atom is 0.0377 e. The highest BCUT2D eigenvalue weighted by atomic mass is 15.2. The van der Waals surface area contributed by atoms with Crippen LogP contribution in [0.25, 0.3) is 0 Å². The van der Waals surface area contributed by atoms with Gasteiger partial charge >= 0.3 is 0 Å². The Kier molecular flexibility index (Phi) is 2.86. The molecule has 0 saturated heterocycles. The summed E-state index contributed by atoms with van der Waals surface area (Å²) in [7, 11) is 0. The molecule has 70 valence electrons. The highest BCUT2D eigenvalue weighted by Gasteiger charge is 1.99. The topological polar surface area (TPSA) is 24.7 Å². The molecule has 0 N–H and O–H groups in total. The van der Waals surface area contributed by atoms with Crippen molar-refractivity contribution in [2.75, 3.05) is 0 Å². The van der Waals surface area contributed by atoms with E-state index in [4.69, 9.17) is 0 Å². The summed E-state index contributed by atoms with van der Waals surface area (Å²) in [6.07, 6.45) is 20.0. The molecule has 0 amide bonds. The predicted octanol–water partition coefficient (Wildman–Crippen LogP) is 2.53. The second-order valence-corrected chi connectivity index (χ2v) is 3.22. The van der Waals surface area contributed by atoms with E-state index in [1.807, 2.05) is 36.7 Å². The fourth-order valence-corrected chi connectivity index (χ4v) is 1.33. The fraction of sp³-hybridized carbons (Fsp3) is 0.167. The summed E-state index contributed by atoms with van der Waals surface area (Å²) in [4.78, 5) is 0. The van der Waals surface area contributed by atoms with Crippen molar-refractivity contribution in [3.05, 3.63) is 48.6 Å². The zero-order valence-corrected chi connectivity index (χ0v) is 7.82. The van der Waals surface area contributed by atoms with Gasteiger partial charge in [-0.15, -0.1) is 0 Å². The van der Waals surface area contributed by atoms with Crippen LogP contribution in [0.15, 0.2) is 58.8 Å². The molecule has 0 aliphatic heterocycles. The van der Waals surface area contributed by atoms with Crippen molar-refractivity contribution in [2.24, 2.45) is 22.0 Å². The molecule has 0 spiro atoms. The van der Waals surface area contributed by atoms with Gasteiger partial charge in [0.15, 0.2) is 0 Å². The van der Waals surface area contributed by atoms with Crippen molar-refractivity contribution >= 4 is 12.4 Å². The Balaban J connectivity index is 1.81. The van der Waals surface area contributed by atoms with Gasteiger partial charge in [-0.05, 0) is 0 Å². The summed E-state index contributed by atoms with van der Waals surface area (Å²) in [5, 5.41) is 7.98. The molecule has 2 nitrogen and oxygen atoms in total. The molecule has 0 atom stereocenters. The Bertz CT molecular complexity index is 297. The molecule has 2 rings (SSSR count). The smallest absolute Gasteiger partial charge is 0.0377 e. The largest absolute Gasteiger partial charge is 0.163 e. The van der Waals surface area contributed by atoms with Crippen LogP contribution in [0.5, 0.6) is 0 Å². The normalized spacial score (nSPS) is 21.4. The minimum atomic E-state index is 0.321. The van der Waals surface area contributed by atoms with Crippen LogP contribution in [0.2, 0.25) is 0 Å². The van der Waals surface area contributed by atoms with Crippen LogP contribution in [-0.2, 0) is 0 Å². The Hall–Kier alpha value is -1.70. The van der Waals surface area contributed by atoms with Crippen molar-refractivity contribution in [2.45, 2.75) is 0 Å². The monoisotopic (exact) mass is 184 g/mol. The van der Waals surface area contributed by atoms with Crippen LogP contribution in [0, 0.1) is 11.8 Å². The lowest BCUT2D eigenvalue weighted by Gasteiger charge is -1.92. The molecule has 0 fully saturated rings. The summed E-state index contributed by atoms with van der Waals surface area (Å²) < 4.78 is 0. The third-order valence-corrected chi connectivity index (χ3v) is 2.10. The minimum absolute atomic E-state index is 0.321. The summed E-state index contributed by atoms with van der Waals surface area (Å²) in [6, 6.07) is 0. The first-order valence-corrected chi connectivity index (χ1v) is 4.72. The van der Waals surface area contributed by atoms with E-state index < -0.39 is 0 Å². The van der Waals surface area contributed by atoms with Crippen molar-refractivity contribution in [3.63, 3.8) is 0 Å². The number of hydrogen-bond acceptors (Lipinski definition) is 2. The summed E-state index contributed by atoms with van der Waals surface area (Å²) in [5.74, 6) is 0.642. The van der Waals surface area contributed by atoms with E-state index in [-0.39, 0.29) is 0 Å². The van der Waals surface area contributed by atoms with Crippen LogP contribution in [0.1, 0.15) is 0 Å². The maximum absolute atomic E-state index is 3.99. The van der Waals surface area contributed by atoms with Gasteiger partial charge in [-0.2, -0.15) is 10.2 Å². The Morgan fingerprint density at radius 2 is 1.00 bits per heavy atom. The van der Waals surface area contributed by atoms with Crippen molar-refractivity contribution < 1.29 is 0 Å². The van der Waals surface area contributed by atoms with Gasteiger partial charge in [0.25, 0.3) is 0 Å². The Morgan fingerprint density at radius 1 is 0.643 bits per heavy atom. The van der Waals surface area contributed by atoms with Gasteiger partial charge < -0.3 is 0 Å². The number of nitrogens with zero attached hydrogens (tertiary/aromatic N) is 2. The lowest BCUT2D eigenvalue weighted by atomic mass is 10.2. The van der Waals surface area contributed by atoms with Gasteiger partial charge in [-0.3, -0.25) is 0 Å². The quantitative estimate of drug-likeness (QED) is 0.475. The zero-order chi connectivity index (χ0) is 9.64. The highest BCUT2D eigenvalue weighted by molar-refractivity contribution is 5.70. The lowest BCUT2D eigenvalue weighted by molar-refractivity contribution is 1.11. The van der Waals surface area contributed by atoms with E-state index in [0.29, 0.717) is 11.8 Å². The molecule has 2 aliphatic rings. The molecule has 0 radical (unpaired) electrons. The van der Waals surface area contributed by atoms with E-state index in [0.717, 1.165) is 0 Å².